The van der Waals surface area contributed by atoms with Crippen molar-refractivity contribution in [2.75, 3.05) is 6.54 Å². The summed E-state index contributed by atoms with van der Waals surface area (Å²) in [6.07, 6.45) is 1.16. The van der Waals surface area contributed by atoms with Crippen molar-refractivity contribution < 1.29 is 13.7 Å². The molecule has 3 rings (SSSR count). The Bertz CT molecular complexity index is 1010. The monoisotopic (exact) mass is 385 g/mol. The number of rotatable bonds is 7. The second-order valence-electron chi connectivity index (χ2n) is 6.51. The van der Waals surface area contributed by atoms with Gasteiger partial charge in [-0.05, 0) is 36.8 Å². The third-order valence-corrected chi connectivity index (χ3v) is 3.96. The van der Waals surface area contributed by atoms with Gasteiger partial charge in [-0.25, -0.2) is 4.39 Å². The van der Waals surface area contributed by atoms with Crippen molar-refractivity contribution >= 4 is 5.91 Å². The standard InChI is InChI=1S/C19H20FN5O3/c1-12(2)18-22-16(28-24-18)4-3-11-21-19(27)15-9-10-17(26)25(23-15)14-7-5-13(20)6-8-14/h5-10,12H,3-4,11H2,1-2H3,(H,21,27). The molecule has 1 amide bonds. The molecule has 28 heavy (non-hydrogen) atoms. The molecule has 0 saturated heterocycles. The van der Waals surface area contributed by atoms with Crippen molar-refractivity contribution in [3.8, 4) is 5.69 Å². The normalized spacial score (nSPS) is 11.0. The second-order valence-corrected chi connectivity index (χ2v) is 6.51. The number of amides is 1. The van der Waals surface area contributed by atoms with Crippen LogP contribution >= 0.6 is 0 Å². The van der Waals surface area contributed by atoms with E-state index in [0.29, 0.717) is 36.8 Å². The summed E-state index contributed by atoms with van der Waals surface area (Å²) in [5.41, 5.74) is 0.0442. The Morgan fingerprint density at radius 2 is 1.96 bits per heavy atom. The molecule has 8 nitrogen and oxygen atoms in total. The Balaban J connectivity index is 1.59. The highest BCUT2D eigenvalue weighted by Gasteiger charge is 2.12. The first-order valence-electron chi connectivity index (χ1n) is 8.91. The molecule has 0 spiro atoms. The highest BCUT2D eigenvalue weighted by atomic mass is 19.1. The van der Waals surface area contributed by atoms with E-state index in [2.05, 4.69) is 20.6 Å². The number of nitrogens with zero attached hydrogens (tertiary/aromatic N) is 4. The van der Waals surface area contributed by atoms with Crippen LogP contribution in [0.25, 0.3) is 5.69 Å². The summed E-state index contributed by atoms with van der Waals surface area (Å²) < 4.78 is 19.3. The maximum Gasteiger partial charge on any atom is 0.271 e. The molecule has 1 N–H and O–H groups in total. The van der Waals surface area contributed by atoms with E-state index < -0.39 is 17.3 Å². The van der Waals surface area contributed by atoms with Crippen LogP contribution in [-0.4, -0.2) is 32.4 Å². The molecule has 146 valence electrons. The zero-order valence-electron chi connectivity index (χ0n) is 15.6. The maximum absolute atomic E-state index is 13.1. The Morgan fingerprint density at radius 1 is 1.21 bits per heavy atom. The van der Waals surface area contributed by atoms with Crippen molar-refractivity contribution in [2.24, 2.45) is 0 Å². The predicted octanol–water partition coefficient (Wildman–Crippen LogP) is 2.24. The summed E-state index contributed by atoms with van der Waals surface area (Å²) in [6.45, 7) is 4.34. The van der Waals surface area contributed by atoms with Gasteiger partial charge >= 0.3 is 0 Å². The molecule has 0 aliphatic rings. The fourth-order valence-corrected chi connectivity index (χ4v) is 2.44. The van der Waals surface area contributed by atoms with E-state index in [1.807, 2.05) is 13.8 Å². The van der Waals surface area contributed by atoms with E-state index in [1.54, 1.807) is 0 Å². The van der Waals surface area contributed by atoms with E-state index in [4.69, 9.17) is 4.52 Å². The smallest absolute Gasteiger partial charge is 0.271 e. The summed E-state index contributed by atoms with van der Waals surface area (Å²) in [5.74, 6) is 0.545. The minimum absolute atomic E-state index is 0.0869. The van der Waals surface area contributed by atoms with Gasteiger partial charge in [-0.3, -0.25) is 9.59 Å². The third kappa shape index (κ3) is 4.67. The van der Waals surface area contributed by atoms with Gasteiger partial charge in [0.05, 0.1) is 5.69 Å². The lowest BCUT2D eigenvalue weighted by Crippen LogP contribution is -2.29. The quantitative estimate of drug-likeness (QED) is 0.626. The van der Waals surface area contributed by atoms with Gasteiger partial charge in [-0.15, -0.1) is 0 Å². The van der Waals surface area contributed by atoms with Crippen LogP contribution in [0, 0.1) is 5.82 Å². The number of aryl methyl sites for hydroxylation is 1. The van der Waals surface area contributed by atoms with Crippen LogP contribution < -0.4 is 10.9 Å². The molecule has 2 heterocycles. The van der Waals surface area contributed by atoms with E-state index >= 15 is 0 Å². The Labute approximate surface area is 160 Å². The highest BCUT2D eigenvalue weighted by molar-refractivity contribution is 5.92. The molecule has 0 saturated carbocycles. The molecule has 0 atom stereocenters. The zero-order valence-corrected chi connectivity index (χ0v) is 15.6. The van der Waals surface area contributed by atoms with Crippen molar-refractivity contribution in [3.05, 3.63) is 70.0 Å². The predicted molar refractivity (Wildman–Crippen MR) is 98.8 cm³/mol. The summed E-state index contributed by atoms with van der Waals surface area (Å²) in [5, 5.41) is 10.7. The minimum atomic E-state index is -0.424. The highest BCUT2D eigenvalue weighted by Crippen LogP contribution is 2.10. The van der Waals surface area contributed by atoms with E-state index in [-0.39, 0.29) is 11.6 Å². The molecule has 1 aromatic carbocycles. The third-order valence-electron chi connectivity index (χ3n) is 3.96. The van der Waals surface area contributed by atoms with Gasteiger partial charge in [-0.1, -0.05) is 19.0 Å². The summed E-state index contributed by atoms with van der Waals surface area (Å²) in [7, 11) is 0. The molecular formula is C19H20FN5O3. The van der Waals surface area contributed by atoms with Crippen LogP contribution in [0.3, 0.4) is 0 Å². The molecule has 0 unspecified atom stereocenters. The van der Waals surface area contributed by atoms with E-state index in [9.17, 15) is 14.0 Å². The topological polar surface area (TPSA) is 103 Å². The fourth-order valence-electron chi connectivity index (χ4n) is 2.44. The first kappa shape index (κ1) is 19.4. The van der Waals surface area contributed by atoms with Crippen LogP contribution in [0.5, 0.6) is 0 Å². The number of aromatic nitrogens is 4. The number of nitrogens with one attached hydrogen (secondary N) is 1. The van der Waals surface area contributed by atoms with Crippen molar-refractivity contribution in [2.45, 2.75) is 32.6 Å². The SMILES string of the molecule is CC(C)c1noc(CCCNC(=O)c2ccc(=O)n(-c3ccc(F)cc3)n2)n1. The first-order valence-corrected chi connectivity index (χ1v) is 8.91. The van der Waals surface area contributed by atoms with Crippen LogP contribution in [0.15, 0.2) is 45.7 Å². The van der Waals surface area contributed by atoms with Crippen LogP contribution in [0.1, 0.15) is 48.4 Å². The molecule has 0 radical (unpaired) electrons. The van der Waals surface area contributed by atoms with Crippen molar-refractivity contribution in [1.82, 2.24) is 25.2 Å². The summed E-state index contributed by atoms with van der Waals surface area (Å²) in [4.78, 5) is 28.6. The number of carbonyl (C=O) groups excluding carboxylic acids is 1. The molecule has 0 bridgehead atoms. The minimum Gasteiger partial charge on any atom is -0.351 e. The number of benzene rings is 1. The first-order chi connectivity index (χ1) is 13.4. The number of hydrogen-bond donors (Lipinski definition) is 1. The lowest BCUT2D eigenvalue weighted by atomic mass is 10.2. The number of halogens is 1. The largest absolute Gasteiger partial charge is 0.351 e. The van der Waals surface area contributed by atoms with Crippen LogP contribution in [-0.2, 0) is 6.42 Å². The molecular weight excluding hydrogens is 365 g/mol. The number of carbonyl (C=O) groups is 1. The lowest BCUT2D eigenvalue weighted by Gasteiger charge is -2.07. The average molecular weight is 385 g/mol. The van der Waals surface area contributed by atoms with Crippen LogP contribution in [0.2, 0.25) is 0 Å². The maximum atomic E-state index is 13.1. The van der Waals surface area contributed by atoms with Gasteiger partial charge in [0.2, 0.25) is 5.89 Å². The average Bonchev–Trinajstić information content (AvgIpc) is 3.15. The molecule has 9 heteroatoms. The fraction of sp³-hybridized carbons (Fsp3) is 0.316. The van der Waals surface area contributed by atoms with Gasteiger partial charge in [0.25, 0.3) is 11.5 Å². The molecule has 0 fully saturated rings. The summed E-state index contributed by atoms with van der Waals surface area (Å²) >= 11 is 0. The van der Waals surface area contributed by atoms with Gasteiger partial charge in [-0.2, -0.15) is 14.8 Å². The van der Waals surface area contributed by atoms with Gasteiger partial charge < -0.3 is 9.84 Å². The van der Waals surface area contributed by atoms with Gasteiger partial charge in [0, 0.05) is 24.9 Å². The van der Waals surface area contributed by atoms with Gasteiger partial charge in [0.1, 0.15) is 11.5 Å². The van der Waals surface area contributed by atoms with Crippen molar-refractivity contribution in [3.63, 3.8) is 0 Å². The second kappa shape index (κ2) is 8.55. The Morgan fingerprint density at radius 3 is 2.64 bits per heavy atom. The molecule has 0 aliphatic carbocycles. The van der Waals surface area contributed by atoms with E-state index in [0.717, 1.165) is 4.68 Å². The molecule has 2 aromatic heterocycles. The zero-order chi connectivity index (χ0) is 20.1. The number of hydrogen-bond acceptors (Lipinski definition) is 6. The van der Waals surface area contributed by atoms with E-state index in [1.165, 1.54) is 36.4 Å². The van der Waals surface area contributed by atoms with Crippen molar-refractivity contribution in [1.29, 1.82) is 0 Å². The summed E-state index contributed by atoms with van der Waals surface area (Å²) in [6, 6.07) is 7.88. The molecule has 3 aromatic rings. The molecule has 0 aliphatic heterocycles. The van der Waals surface area contributed by atoms with Gasteiger partial charge in [0.15, 0.2) is 5.82 Å². The Kier molecular flexibility index (Phi) is 5.93. The Hall–Kier alpha value is -3.36. The van der Waals surface area contributed by atoms with Crippen LogP contribution in [0.4, 0.5) is 4.39 Å². The lowest BCUT2D eigenvalue weighted by molar-refractivity contribution is 0.0946.